The first-order valence-corrected chi connectivity index (χ1v) is 17.6. The molecule has 0 saturated heterocycles. The fourth-order valence-electron chi connectivity index (χ4n) is 6.94. The summed E-state index contributed by atoms with van der Waals surface area (Å²) in [6, 6.07) is 67.6. The molecule has 0 unspecified atom stereocenters. The Labute approximate surface area is 303 Å². The van der Waals surface area contributed by atoms with Crippen molar-refractivity contribution in [3.63, 3.8) is 0 Å². The summed E-state index contributed by atoms with van der Waals surface area (Å²) >= 11 is 0. The SMILES string of the molecule is c1ccc(C2=NC(c3cccc4c(-c5ccc(-c6cc(-c7ccccc7)cc(-c7ccccc7)n6)cc5)cccc34)N=C(c3ccccc3)N2)cc1. The first-order valence-electron chi connectivity index (χ1n) is 17.6. The van der Waals surface area contributed by atoms with Crippen LogP contribution in [0.2, 0.25) is 0 Å². The third kappa shape index (κ3) is 6.19. The highest BCUT2D eigenvalue weighted by Gasteiger charge is 2.22. The van der Waals surface area contributed by atoms with E-state index in [9.17, 15) is 0 Å². The summed E-state index contributed by atoms with van der Waals surface area (Å²) in [6.45, 7) is 0. The van der Waals surface area contributed by atoms with Crippen LogP contribution in [0.4, 0.5) is 0 Å². The van der Waals surface area contributed by atoms with Gasteiger partial charge in [-0.15, -0.1) is 0 Å². The molecule has 4 nitrogen and oxygen atoms in total. The molecule has 9 rings (SSSR count). The minimum Gasteiger partial charge on any atom is -0.324 e. The molecule has 1 aromatic heterocycles. The molecule has 0 radical (unpaired) electrons. The lowest BCUT2D eigenvalue weighted by molar-refractivity contribution is 0.762. The van der Waals surface area contributed by atoms with Gasteiger partial charge in [-0.05, 0) is 45.2 Å². The number of hydrogen-bond donors (Lipinski definition) is 1. The minimum atomic E-state index is -0.408. The van der Waals surface area contributed by atoms with Crippen molar-refractivity contribution in [2.24, 2.45) is 9.98 Å². The van der Waals surface area contributed by atoms with Crippen LogP contribution in [0, 0.1) is 0 Å². The second-order valence-electron chi connectivity index (χ2n) is 12.9. The van der Waals surface area contributed by atoms with Crippen LogP contribution in [-0.2, 0) is 0 Å². The van der Waals surface area contributed by atoms with Gasteiger partial charge in [0.25, 0.3) is 0 Å². The number of rotatable bonds is 7. The second kappa shape index (κ2) is 13.8. The van der Waals surface area contributed by atoms with Crippen LogP contribution in [-0.4, -0.2) is 16.7 Å². The summed E-state index contributed by atoms with van der Waals surface area (Å²) in [6.07, 6.45) is -0.408. The van der Waals surface area contributed by atoms with Crippen molar-refractivity contribution in [3.05, 3.63) is 211 Å². The lowest BCUT2D eigenvalue weighted by Crippen LogP contribution is -2.36. The maximum Gasteiger partial charge on any atom is 0.170 e. The van der Waals surface area contributed by atoms with Gasteiger partial charge in [0.1, 0.15) is 11.7 Å². The molecule has 0 fully saturated rings. The van der Waals surface area contributed by atoms with Gasteiger partial charge in [-0.3, -0.25) is 0 Å². The third-order valence-corrected chi connectivity index (χ3v) is 9.56. The molecule has 246 valence electrons. The number of pyridine rings is 1. The molecule has 2 heterocycles. The third-order valence-electron chi connectivity index (χ3n) is 9.56. The molecule has 8 aromatic rings. The standard InChI is InChI=1S/C48H34N4/c1-5-15-33(16-6-1)39-31-44(35-17-7-2-8-18-35)49-45(32-39)36-29-27-34(28-30-36)40-23-13-25-42-41(40)24-14-26-43(42)48-51-46(37-19-9-3-10-20-37)50-47(52-48)38-21-11-4-12-22-38/h1-32,48H,(H,50,51,52). The predicted molar refractivity (Wildman–Crippen MR) is 215 cm³/mol. The number of amidine groups is 2. The number of nitrogens with one attached hydrogen (secondary N) is 1. The number of fused-ring (bicyclic) bond motifs is 1. The van der Waals surface area contributed by atoms with Gasteiger partial charge in [0.2, 0.25) is 0 Å². The largest absolute Gasteiger partial charge is 0.324 e. The molecule has 0 spiro atoms. The maximum absolute atomic E-state index is 5.16. The first kappa shape index (κ1) is 31.1. The van der Waals surface area contributed by atoms with Crippen LogP contribution in [0.5, 0.6) is 0 Å². The van der Waals surface area contributed by atoms with Crippen molar-refractivity contribution in [2.45, 2.75) is 6.17 Å². The van der Waals surface area contributed by atoms with Crippen molar-refractivity contribution in [2.75, 3.05) is 0 Å². The Morgan fingerprint density at radius 3 is 1.38 bits per heavy atom. The summed E-state index contributed by atoms with van der Waals surface area (Å²) in [5.41, 5.74) is 11.8. The molecular weight excluding hydrogens is 633 g/mol. The zero-order valence-electron chi connectivity index (χ0n) is 28.4. The van der Waals surface area contributed by atoms with Gasteiger partial charge >= 0.3 is 0 Å². The quantitative estimate of drug-likeness (QED) is 0.184. The van der Waals surface area contributed by atoms with E-state index in [4.69, 9.17) is 15.0 Å². The number of hydrogen-bond acceptors (Lipinski definition) is 4. The highest BCUT2D eigenvalue weighted by Crippen LogP contribution is 2.37. The van der Waals surface area contributed by atoms with Crippen molar-refractivity contribution in [3.8, 4) is 44.8 Å². The molecule has 0 saturated carbocycles. The second-order valence-corrected chi connectivity index (χ2v) is 12.9. The summed E-state index contributed by atoms with van der Waals surface area (Å²) < 4.78 is 0. The van der Waals surface area contributed by atoms with Crippen molar-refractivity contribution < 1.29 is 0 Å². The average molecular weight is 667 g/mol. The smallest absolute Gasteiger partial charge is 0.170 e. The van der Waals surface area contributed by atoms with Crippen molar-refractivity contribution in [1.82, 2.24) is 10.3 Å². The summed E-state index contributed by atoms with van der Waals surface area (Å²) in [5.74, 6) is 1.62. The molecule has 52 heavy (non-hydrogen) atoms. The van der Waals surface area contributed by atoms with Gasteiger partial charge in [-0.1, -0.05) is 182 Å². The molecule has 0 amide bonds. The Bertz CT molecular complexity index is 2450. The van der Waals surface area contributed by atoms with Crippen LogP contribution in [0.3, 0.4) is 0 Å². The van der Waals surface area contributed by atoms with Crippen LogP contribution in [0.15, 0.2) is 204 Å². The zero-order valence-corrected chi connectivity index (χ0v) is 28.4. The minimum absolute atomic E-state index is 0.408. The molecular formula is C48H34N4. The summed E-state index contributed by atoms with van der Waals surface area (Å²) in [4.78, 5) is 15.5. The van der Waals surface area contributed by atoms with E-state index in [1.165, 1.54) is 5.56 Å². The topological polar surface area (TPSA) is 49.6 Å². The number of aromatic nitrogens is 1. The van der Waals surface area contributed by atoms with Crippen molar-refractivity contribution in [1.29, 1.82) is 0 Å². The van der Waals surface area contributed by atoms with Crippen LogP contribution >= 0.6 is 0 Å². The van der Waals surface area contributed by atoms with Crippen LogP contribution in [0.1, 0.15) is 22.9 Å². The lowest BCUT2D eigenvalue weighted by Gasteiger charge is -2.23. The van der Waals surface area contributed by atoms with E-state index in [-0.39, 0.29) is 0 Å². The van der Waals surface area contributed by atoms with Gasteiger partial charge in [-0.2, -0.15) is 0 Å². The van der Waals surface area contributed by atoms with Crippen molar-refractivity contribution >= 4 is 22.4 Å². The van der Waals surface area contributed by atoms with Gasteiger partial charge < -0.3 is 5.32 Å². The molecule has 0 aliphatic carbocycles. The molecule has 4 heteroatoms. The summed E-state index contributed by atoms with van der Waals surface area (Å²) in [7, 11) is 0. The average Bonchev–Trinajstić information content (AvgIpc) is 3.24. The highest BCUT2D eigenvalue weighted by atomic mass is 15.2. The van der Waals surface area contributed by atoms with Gasteiger partial charge in [0.15, 0.2) is 6.17 Å². The lowest BCUT2D eigenvalue weighted by atomic mass is 9.93. The zero-order chi connectivity index (χ0) is 34.7. The molecule has 7 aromatic carbocycles. The van der Waals surface area contributed by atoms with E-state index >= 15 is 0 Å². The van der Waals surface area contributed by atoms with E-state index in [1.807, 2.05) is 42.5 Å². The Kier molecular flexibility index (Phi) is 8.24. The maximum atomic E-state index is 5.16. The molecule has 1 aliphatic rings. The Morgan fingerprint density at radius 2 is 0.808 bits per heavy atom. The normalized spacial score (nSPS) is 12.9. The Morgan fingerprint density at radius 1 is 0.346 bits per heavy atom. The monoisotopic (exact) mass is 666 g/mol. The summed E-state index contributed by atoms with van der Waals surface area (Å²) in [5, 5.41) is 5.80. The Hall–Kier alpha value is -6.91. The molecule has 1 N–H and O–H groups in total. The van der Waals surface area contributed by atoms with E-state index < -0.39 is 6.17 Å². The number of nitrogens with zero attached hydrogens (tertiary/aromatic N) is 3. The van der Waals surface area contributed by atoms with E-state index in [0.29, 0.717) is 0 Å². The Balaban J connectivity index is 1.10. The number of benzene rings is 7. The predicted octanol–water partition coefficient (Wildman–Crippen LogP) is 11.4. The first-order chi connectivity index (χ1) is 25.8. The van der Waals surface area contributed by atoms with Crippen LogP contribution < -0.4 is 5.32 Å². The highest BCUT2D eigenvalue weighted by molar-refractivity contribution is 6.16. The number of aliphatic imine (C=N–C) groups is 2. The van der Waals surface area contributed by atoms with Gasteiger partial charge in [0, 0.05) is 27.8 Å². The van der Waals surface area contributed by atoms with E-state index in [1.54, 1.807) is 0 Å². The van der Waals surface area contributed by atoms with E-state index in [2.05, 4.69) is 157 Å². The molecule has 0 bridgehead atoms. The van der Waals surface area contributed by atoms with Gasteiger partial charge in [-0.25, -0.2) is 15.0 Å². The molecule has 1 aliphatic heterocycles. The fraction of sp³-hybridized carbons (Fsp3) is 0.0208. The molecule has 0 atom stereocenters. The fourth-order valence-corrected chi connectivity index (χ4v) is 6.94. The van der Waals surface area contributed by atoms with Crippen LogP contribution in [0.25, 0.3) is 55.5 Å². The van der Waals surface area contributed by atoms with E-state index in [0.717, 1.165) is 78.3 Å². The van der Waals surface area contributed by atoms with Gasteiger partial charge in [0.05, 0.1) is 11.4 Å².